The van der Waals surface area contributed by atoms with Crippen LogP contribution in [0.1, 0.15) is 32.8 Å². The summed E-state index contributed by atoms with van der Waals surface area (Å²) in [5, 5.41) is 5.01. The monoisotopic (exact) mass is 505 g/mol. The van der Waals surface area contributed by atoms with E-state index in [1.54, 1.807) is 20.8 Å². The van der Waals surface area contributed by atoms with Gasteiger partial charge in [0.25, 0.3) is 8.32 Å². The molecule has 3 aromatic rings. The molecule has 0 saturated carbocycles. The first kappa shape index (κ1) is 27.2. The van der Waals surface area contributed by atoms with Crippen LogP contribution in [0, 0.1) is 0 Å². The summed E-state index contributed by atoms with van der Waals surface area (Å²) in [4.78, 5) is 25.3. The molecule has 0 aliphatic carbocycles. The number of hydrogen-bond donors (Lipinski definition) is 1. The Balaban J connectivity index is 1.75. The maximum Gasteiger partial charge on any atom is 0.407 e. The topological polar surface area (TPSA) is 73.9 Å². The van der Waals surface area contributed by atoms with Gasteiger partial charge in [-0.3, -0.25) is 4.79 Å². The Morgan fingerprint density at radius 1 is 0.833 bits per heavy atom. The summed E-state index contributed by atoms with van der Waals surface area (Å²) in [6, 6.07) is 29.0. The van der Waals surface area contributed by atoms with Crippen molar-refractivity contribution in [3.05, 3.63) is 96.6 Å². The second kappa shape index (κ2) is 12.5. The average Bonchev–Trinajstić information content (AvgIpc) is 2.86. The van der Waals surface area contributed by atoms with E-state index < -0.39 is 32.0 Å². The number of hydrogen-bond acceptors (Lipinski definition) is 5. The zero-order valence-electron chi connectivity index (χ0n) is 21.4. The van der Waals surface area contributed by atoms with Crippen LogP contribution in [0.2, 0.25) is 6.55 Å². The van der Waals surface area contributed by atoms with Gasteiger partial charge in [-0.25, -0.2) is 4.79 Å². The standard InChI is InChI=1S/C29H35NO5Si/c1-29(2,3)35-28(32)30-24(20-27(31)33-21-23-14-8-5-9-15-23)22-34-36(4,25-16-10-6-11-17-25)26-18-12-7-13-19-26/h5-19,24H,20-22H2,1-4H3,(H,30,32). The summed E-state index contributed by atoms with van der Waals surface area (Å²) in [7, 11) is -2.63. The molecule has 3 rings (SSSR count). The van der Waals surface area contributed by atoms with E-state index in [1.165, 1.54) is 0 Å². The predicted molar refractivity (Wildman–Crippen MR) is 144 cm³/mol. The lowest BCUT2D eigenvalue weighted by atomic mass is 10.2. The second-order valence-corrected chi connectivity index (χ2v) is 13.3. The Kier molecular flexibility index (Phi) is 9.44. The van der Waals surface area contributed by atoms with Crippen molar-refractivity contribution in [1.82, 2.24) is 5.32 Å². The third-order valence-corrected chi connectivity index (χ3v) is 9.21. The van der Waals surface area contributed by atoms with Crippen molar-refractivity contribution in [2.75, 3.05) is 6.61 Å². The summed E-state index contributed by atoms with van der Waals surface area (Å²) in [6.07, 6.45) is -0.644. The van der Waals surface area contributed by atoms with Crippen molar-refractivity contribution >= 4 is 30.8 Å². The van der Waals surface area contributed by atoms with Crippen LogP contribution in [-0.4, -0.2) is 38.6 Å². The number of carbonyl (C=O) groups excluding carboxylic acids is 2. The fraction of sp³-hybridized carbons (Fsp3) is 0.310. The van der Waals surface area contributed by atoms with Crippen LogP contribution >= 0.6 is 0 Å². The van der Waals surface area contributed by atoms with E-state index in [0.29, 0.717) is 0 Å². The van der Waals surface area contributed by atoms with Gasteiger partial charge in [0.2, 0.25) is 0 Å². The fourth-order valence-corrected chi connectivity index (χ4v) is 6.60. The summed E-state index contributed by atoms with van der Waals surface area (Å²) in [5.41, 5.74) is 0.229. The minimum atomic E-state index is -2.63. The van der Waals surface area contributed by atoms with Gasteiger partial charge in [0, 0.05) is 0 Å². The highest BCUT2D eigenvalue weighted by molar-refractivity contribution is 6.96. The number of benzene rings is 3. The van der Waals surface area contributed by atoms with Crippen molar-refractivity contribution in [3.63, 3.8) is 0 Å². The van der Waals surface area contributed by atoms with Crippen molar-refractivity contribution in [2.45, 2.75) is 52.0 Å². The van der Waals surface area contributed by atoms with Crippen LogP contribution in [-0.2, 0) is 25.3 Å². The maximum absolute atomic E-state index is 12.7. The Bertz CT molecular complexity index is 1060. The Morgan fingerprint density at radius 3 is 1.83 bits per heavy atom. The van der Waals surface area contributed by atoms with Gasteiger partial charge in [-0.1, -0.05) is 91.0 Å². The predicted octanol–water partition coefficient (Wildman–Crippen LogP) is 4.42. The van der Waals surface area contributed by atoms with E-state index in [2.05, 4.69) is 36.1 Å². The third-order valence-electron chi connectivity index (χ3n) is 5.60. The van der Waals surface area contributed by atoms with Gasteiger partial charge in [-0.15, -0.1) is 0 Å². The molecule has 3 aromatic carbocycles. The summed E-state index contributed by atoms with van der Waals surface area (Å²) >= 11 is 0. The Labute approximate surface area is 214 Å². The van der Waals surface area contributed by atoms with Crippen molar-refractivity contribution in [2.24, 2.45) is 0 Å². The number of ether oxygens (including phenoxy) is 2. The van der Waals surface area contributed by atoms with E-state index in [-0.39, 0.29) is 19.6 Å². The van der Waals surface area contributed by atoms with Crippen LogP contribution < -0.4 is 15.7 Å². The molecule has 1 unspecified atom stereocenters. The lowest BCUT2D eigenvalue weighted by molar-refractivity contribution is -0.145. The molecule has 1 amide bonds. The van der Waals surface area contributed by atoms with Gasteiger partial charge in [-0.2, -0.15) is 0 Å². The molecule has 0 aliphatic heterocycles. The van der Waals surface area contributed by atoms with Gasteiger partial charge in [0.15, 0.2) is 0 Å². The van der Waals surface area contributed by atoms with Crippen molar-refractivity contribution < 1.29 is 23.5 Å². The number of carbonyl (C=O) groups is 2. The largest absolute Gasteiger partial charge is 0.461 e. The first-order valence-corrected chi connectivity index (χ1v) is 14.5. The first-order valence-electron chi connectivity index (χ1n) is 12.1. The van der Waals surface area contributed by atoms with Gasteiger partial charge in [-0.05, 0) is 43.3 Å². The number of esters is 1. The van der Waals surface area contributed by atoms with Gasteiger partial charge >= 0.3 is 12.1 Å². The Morgan fingerprint density at radius 2 is 1.33 bits per heavy atom. The molecule has 0 heterocycles. The normalized spacial score (nSPS) is 12.4. The number of nitrogens with one attached hydrogen (secondary N) is 1. The highest BCUT2D eigenvalue weighted by Crippen LogP contribution is 2.12. The third kappa shape index (κ3) is 8.36. The molecule has 0 fully saturated rings. The minimum absolute atomic E-state index is 0.0415. The molecular formula is C29H35NO5Si. The highest BCUT2D eigenvalue weighted by Gasteiger charge is 2.35. The zero-order chi connectivity index (χ0) is 26.0. The summed E-state index contributed by atoms with van der Waals surface area (Å²) in [5.74, 6) is -0.425. The lowest BCUT2D eigenvalue weighted by Crippen LogP contribution is -2.60. The molecule has 0 aliphatic rings. The molecule has 36 heavy (non-hydrogen) atoms. The molecular weight excluding hydrogens is 470 g/mol. The van der Waals surface area contributed by atoms with Gasteiger partial charge in [0.05, 0.1) is 19.1 Å². The van der Waals surface area contributed by atoms with E-state index in [0.717, 1.165) is 15.9 Å². The number of amides is 1. The molecule has 6 nitrogen and oxygen atoms in total. The highest BCUT2D eigenvalue weighted by atomic mass is 28.4. The van der Waals surface area contributed by atoms with Crippen LogP contribution in [0.5, 0.6) is 0 Å². The quantitative estimate of drug-likeness (QED) is 0.326. The molecule has 0 radical (unpaired) electrons. The number of alkyl carbamates (subject to hydrolysis) is 1. The van der Waals surface area contributed by atoms with E-state index in [9.17, 15) is 9.59 Å². The molecule has 0 spiro atoms. The zero-order valence-corrected chi connectivity index (χ0v) is 22.4. The molecule has 0 saturated heterocycles. The molecule has 190 valence electrons. The average molecular weight is 506 g/mol. The van der Waals surface area contributed by atoms with Gasteiger partial charge in [0.1, 0.15) is 12.2 Å². The lowest BCUT2D eigenvalue weighted by Gasteiger charge is -2.31. The van der Waals surface area contributed by atoms with Crippen molar-refractivity contribution in [3.8, 4) is 0 Å². The SMILES string of the molecule is CC(C)(C)OC(=O)NC(CO[Si](C)(c1ccccc1)c1ccccc1)CC(=O)OCc1ccccc1. The maximum atomic E-state index is 12.7. The van der Waals surface area contributed by atoms with Crippen LogP contribution in [0.4, 0.5) is 4.79 Å². The van der Waals surface area contributed by atoms with Crippen LogP contribution in [0.15, 0.2) is 91.0 Å². The first-order chi connectivity index (χ1) is 17.2. The van der Waals surface area contributed by atoms with E-state index >= 15 is 0 Å². The number of rotatable bonds is 10. The molecule has 0 aromatic heterocycles. The van der Waals surface area contributed by atoms with Crippen LogP contribution in [0.3, 0.4) is 0 Å². The fourth-order valence-electron chi connectivity index (χ4n) is 3.74. The molecule has 1 N–H and O–H groups in total. The van der Waals surface area contributed by atoms with E-state index in [1.807, 2.05) is 66.7 Å². The summed E-state index contributed by atoms with van der Waals surface area (Å²) < 4.78 is 17.5. The Hall–Kier alpha value is -3.42. The molecule has 1 atom stereocenters. The van der Waals surface area contributed by atoms with E-state index in [4.69, 9.17) is 13.9 Å². The minimum Gasteiger partial charge on any atom is -0.461 e. The molecule has 7 heteroatoms. The van der Waals surface area contributed by atoms with Crippen LogP contribution in [0.25, 0.3) is 0 Å². The second-order valence-electron chi connectivity index (χ2n) is 9.77. The van der Waals surface area contributed by atoms with Crippen molar-refractivity contribution in [1.29, 1.82) is 0 Å². The smallest absolute Gasteiger partial charge is 0.407 e. The van der Waals surface area contributed by atoms with Gasteiger partial charge < -0.3 is 19.2 Å². The molecule has 0 bridgehead atoms. The summed E-state index contributed by atoms with van der Waals surface area (Å²) in [6.45, 7) is 7.80.